The van der Waals surface area contributed by atoms with Crippen molar-refractivity contribution in [3.63, 3.8) is 0 Å². The summed E-state index contributed by atoms with van der Waals surface area (Å²) < 4.78 is 10.8. The van der Waals surface area contributed by atoms with E-state index in [9.17, 15) is 0 Å². The van der Waals surface area contributed by atoms with Crippen molar-refractivity contribution in [2.45, 2.75) is 19.4 Å². The number of nitrogens with one attached hydrogen (secondary N) is 1. The lowest BCUT2D eigenvalue weighted by Crippen LogP contribution is -2.45. The summed E-state index contributed by atoms with van der Waals surface area (Å²) in [6.45, 7) is 5.91. The molecule has 0 saturated carbocycles. The van der Waals surface area contributed by atoms with Crippen molar-refractivity contribution in [1.29, 1.82) is 0 Å². The van der Waals surface area contributed by atoms with Gasteiger partial charge < -0.3 is 19.7 Å². The average Bonchev–Trinajstić information content (AvgIpc) is 3.01. The molecule has 1 heterocycles. The molecule has 0 radical (unpaired) electrons. The Balaban J connectivity index is 2.00. The lowest BCUT2D eigenvalue weighted by Gasteiger charge is -2.30. The molecule has 4 heteroatoms. The van der Waals surface area contributed by atoms with Crippen LogP contribution >= 0.6 is 0 Å². The van der Waals surface area contributed by atoms with Crippen LogP contribution in [0.1, 0.15) is 13.3 Å². The molecule has 0 spiro atoms. The van der Waals surface area contributed by atoms with Crippen molar-refractivity contribution < 1.29 is 9.47 Å². The molecule has 2 unspecified atom stereocenters. The number of anilines is 1. The van der Waals surface area contributed by atoms with Gasteiger partial charge in [-0.3, -0.25) is 0 Å². The lowest BCUT2D eigenvalue weighted by molar-refractivity contribution is 0.177. The number of ether oxygens (including phenoxy) is 2. The first-order valence-electron chi connectivity index (χ1n) is 7.41. The Labute approximate surface area is 122 Å². The SMILES string of the molecule is CCNC(CN(C)c1cccc(OC)c1)C1CCOC1. The summed E-state index contributed by atoms with van der Waals surface area (Å²) in [7, 11) is 3.84. The molecule has 1 aromatic carbocycles. The number of benzene rings is 1. The summed E-state index contributed by atoms with van der Waals surface area (Å²) in [4.78, 5) is 2.29. The van der Waals surface area contributed by atoms with Crippen LogP contribution in [0.25, 0.3) is 0 Å². The van der Waals surface area contributed by atoms with Crippen LogP contribution in [0.5, 0.6) is 5.75 Å². The van der Waals surface area contributed by atoms with Crippen molar-refractivity contribution in [3.05, 3.63) is 24.3 Å². The van der Waals surface area contributed by atoms with Crippen LogP contribution in [0.4, 0.5) is 5.69 Å². The molecule has 1 aromatic rings. The highest BCUT2D eigenvalue weighted by Crippen LogP contribution is 2.22. The van der Waals surface area contributed by atoms with Crippen LogP contribution in [0, 0.1) is 5.92 Å². The number of hydrogen-bond donors (Lipinski definition) is 1. The molecule has 1 aliphatic rings. The standard InChI is InChI=1S/C16H26N2O2/c1-4-17-16(13-8-9-20-12-13)11-18(2)14-6-5-7-15(10-14)19-3/h5-7,10,13,16-17H,4,8-9,11-12H2,1-3H3. The number of nitrogens with zero attached hydrogens (tertiary/aromatic N) is 1. The largest absolute Gasteiger partial charge is 0.497 e. The van der Waals surface area contributed by atoms with Crippen LogP contribution in [-0.2, 0) is 4.74 Å². The Hall–Kier alpha value is -1.26. The molecule has 0 aromatic heterocycles. The Bertz CT molecular complexity index is 405. The highest BCUT2D eigenvalue weighted by atomic mass is 16.5. The van der Waals surface area contributed by atoms with Crippen molar-refractivity contribution in [1.82, 2.24) is 5.32 Å². The van der Waals surface area contributed by atoms with Gasteiger partial charge in [0.2, 0.25) is 0 Å². The molecule has 112 valence electrons. The summed E-state index contributed by atoms with van der Waals surface area (Å²) >= 11 is 0. The van der Waals surface area contributed by atoms with Crippen LogP contribution in [0.15, 0.2) is 24.3 Å². The average molecular weight is 278 g/mol. The molecule has 2 rings (SSSR count). The topological polar surface area (TPSA) is 33.7 Å². The van der Waals surface area contributed by atoms with Gasteiger partial charge in [-0.05, 0) is 25.1 Å². The van der Waals surface area contributed by atoms with Gasteiger partial charge in [0.05, 0.1) is 13.7 Å². The quantitative estimate of drug-likeness (QED) is 0.828. The maximum absolute atomic E-state index is 5.53. The summed E-state index contributed by atoms with van der Waals surface area (Å²) in [6.07, 6.45) is 1.16. The lowest BCUT2D eigenvalue weighted by atomic mass is 9.98. The third-order valence-electron chi connectivity index (χ3n) is 3.96. The van der Waals surface area contributed by atoms with Gasteiger partial charge in [-0.15, -0.1) is 0 Å². The van der Waals surface area contributed by atoms with Crippen molar-refractivity contribution >= 4 is 5.69 Å². The van der Waals surface area contributed by atoms with Gasteiger partial charge in [0.15, 0.2) is 0 Å². The molecule has 0 amide bonds. The van der Waals surface area contributed by atoms with Gasteiger partial charge in [0.1, 0.15) is 5.75 Å². The third kappa shape index (κ3) is 3.87. The summed E-state index contributed by atoms with van der Waals surface area (Å²) in [5, 5.41) is 3.60. The smallest absolute Gasteiger partial charge is 0.120 e. The predicted octanol–water partition coefficient (Wildman–Crippen LogP) is 2.15. The normalized spacial score (nSPS) is 19.9. The van der Waals surface area contributed by atoms with E-state index in [1.807, 2.05) is 12.1 Å². The summed E-state index contributed by atoms with van der Waals surface area (Å²) in [5.41, 5.74) is 1.19. The van der Waals surface area contributed by atoms with Gasteiger partial charge in [0.25, 0.3) is 0 Å². The van der Waals surface area contributed by atoms with Gasteiger partial charge >= 0.3 is 0 Å². The number of likely N-dealkylation sites (N-methyl/N-ethyl adjacent to an activating group) is 2. The fourth-order valence-electron chi connectivity index (χ4n) is 2.76. The van der Waals surface area contributed by atoms with Gasteiger partial charge in [-0.25, -0.2) is 0 Å². The zero-order valence-corrected chi connectivity index (χ0v) is 12.8. The minimum Gasteiger partial charge on any atom is -0.497 e. The van der Waals surface area contributed by atoms with E-state index in [4.69, 9.17) is 9.47 Å². The summed E-state index contributed by atoms with van der Waals surface area (Å²) in [6, 6.07) is 8.68. The van der Waals surface area contributed by atoms with Crippen LogP contribution in [0.2, 0.25) is 0 Å². The van der Waals surface area contributed by atoms with E-state index in [0.717, 1.165) is 38.5 Å². The first-order valence-corrected chi connectivity index (χ1v) is 7.41. The van der Waals surface area contributed by atoms with E-state index in [2.05, 4.69) is 36.3 Å². The molecule has 1 aliphatic heterocycles. The minimum absolute atomic E-state index is 0.471. The molecular weight excluding hydrogens is 252 g/mol. The molecule has 1 fully saturated rings. The third-order valence-corrected chi connectivity index (χ3v) is 3.96. The minimum atomic E-state index is 0.471. The maximum Gasteiger partial charge on any atom is 0.120 e. The predicted molar refractivity (Wildman–Crippen MR) is 82.7 cm³/mol. The van der Waals surface area contributed by atoms with E-state index in [1.54, 1.807) is 7.11 Å². The van der Waals surface area contributed by atoms with Gasteiger partial charge in [0, 0.05) is 43.9 Å². The summed E-state index contributed by atoms with van der Waals surface area (Å²) in [5.74, 6) is 1.52. The van der Waals surface area contributed by atoms with Crippen LogP contribution in [-0.4, -0.2) is 46.5 Å². The fourth-order valence-corrected chi connectivity index (χ4v) is 2.76. The number of methoxy groups -OCH3 is 1. The first-order chi connectivity index (χ1) is 9.74. The van der Waals surface area contributed by atoms with Gasteiger partial charge in [-0.2, -0.15) is 0 Å². The zero-order valence-electron chi connectivity index (χ0n) is 12.8. The van der Waals surface area contributed by atoms with Gasteiger partial charge in [-0.1, -0.05) is 13.0 Å². The van der Waals surface area contributed by atoms with E-state index < -0.39 is 0 Å². The van der Waals surface area contributed by atoms with Crippen LogP contribution < -0.4 is 15.0 Å². The molecule has 1 N–H and O–H groups in total. The molecule has 2 atom stereocenters. The Morgan fingerprint density at radius 1 is 1.50 bits per heavy atom. The highest BCUT2D eigenvalue weighted by molar-refractivity contribution is 5.50. The second-order valence-electron chi connectivity index (χ2n) is 5.37. The maximum atomic E-state index is 5.53. The molecule has 1 saturated heterocycles. The van der Waals surface area contributed by atoms with Crippen molar-refractivity contribution in [2.75, 3.05) is 45.4 Å². The Kier molecular flexibility index (Phi) is 5.68. The van der Waals surface area contributed by atoms with Crippen molar-refractivity contribution in [2.24, 2.45) is 5.92 Å². The zero-order chi connectivity index (χ0) is 14.4. The first kappa shape index (κ1) is 15.1. The molecule has 4 nitrogen and oxygen atoms in total. The second-order valence-corrected chi connectivity index (χ2v) is 5.37. The fraction of sp³-hybridized carbons (Fsp3) is 0.625. The van der Waals surface area contributed by atoms with Crippen LogP contribution in [0.3, 0.4) is 0 Å². The van der Waals surface area contributed by atoms with E-state index in [0.29, 0.717) is 12.0 Å². The van der Waals surface area contributed by atoms with Crippen molar-refractivity contribution in [3.8, 4) is 5.75 Å². The monoisotopic (exact) mass is 278 g/mol. The molecule has 20 heavy (non-hydrogen) atoms. The molecular formula is C16H26N2O2. The van der Waals surface area contributed by atoms with E-state index in [1.165, 1.54) is 5.69 Å². The molecule has 0 aliphatic carbocycles. The number of hydrogen-bond acceptors (Lipinski definition) is 4. The highest BCUT2D eigenvalue weighted by Gasteiger charge is 2.26. The van der Waals surface area contributed by atoms with E-state index >= 15 is 0 Å². The Morgan fingerprint density at radius 3 is 3.00 bits per heavy atom. The van der Waals surface area contributed by atoms with E-state index in [-0.39, 0.29) is 0 Å². The Morgan fingerprint density at radius 2 is 2.35 bits per heavy atom. The second kappa shape index (κ2) is 7.50. The molecule has 0 bridgehead atoms. The number of rotatable bonds is 7.